The number of carbonyl (C=O) groups is 1. The van der Waals surface area contributed by atoms with E-state index >= 15 is 0 Å². The number of unbranched alkanes of at least 4 members (excludes halogenated alkanes) is 1. The molecule has 0 aromatic heterocycles. The lowest BCUT2D eigenvalue weighted by Crippen LogP contribution is -2.37. The summed E-state index contributed by atoms with van der Waals surface area (Å²) in [5.41, 5.74) is 1.12. The molecule has 0 bridgehead atoms. The van der Waals surface area contributed by atoms with E-state index in [0.29, 0.717) is 18.0 Å². The molecule has 1 unspecified atom stereocenters. The van der Waals surface area contributed by atoms with Gasteiger partial charge in [-0.1, -0.05) is 26.7 Å². The predicted molar refractivity (Wildman–Crippen MR) is 140 cm³/mol. The lowest BCUT2D eigenvalue weighted by atomic mass is 9.81. The number of carbonyl (C=O) groups excluding carboxylic acids is 1. The van der Waals surface area contributed by atoms with Gasteiger partial charge in [-0.2, -0.15) is 0 Å². The van der Waals surface area contributed by atoms with Gasteiger partial charge in [0, 0.05) is 23.7 Å². The molecule has 0 spiro atoms. The molecule has 0 N–H and O–H groups in total. The minimum Gasteiger partial charge on any atom is -0.497 e. The molecular formula is C26H35NO6S2. The van der Waals surface area contributed by atoms with Crippen molar-refractivity contribution in [3.63, 3.8) is 0 Å². The second kappa shape index (κ2) is 11.6. The molecule has 1 atom stereocenters. The molecule has 0 saturated heterocycles. The molecule has 0 aliphatic carbocycles. The number of sulfone groups is 1. The highest BCUT2D eigenvalue weighted by molar-refractivity contribution is 7.98. The summed E-state index contributed by atoms with van der Waals surface area (Å²) < 4.78 is 43.4. The third-order valence-corrected chi connectivity index (χ3v) is 9.38. The maximum atomic E-state index is 13.9. The fourth-order valence-corrected chi connectivity index (χ4v) is 7.22. The van der Waals surface area contributed by atoms with Crippen molar-refractivity contribution >= 4 is 38.9 Å². The second-order valence-corrected chi connectivity index (χ2v) is 11.6. The zero-order valence-corrected chi connectivity index (χ0v) is 22.8. The van der Waals surface area contributed by atoms with Crippen LogP contribution in [0.25, 0.3) is 0 Å². The maximum absolute atomic E-state index is 13.9. The van der Waals surface area contributed by atoms with Gasteiger partial charge in [-0.15, -0.1) is 11.8 Å². The van der Waals surface area contributed by atoms with Crippen LogP contribution in [-0.2, 0) is 19.4 Å². The van der Waals surface area contributed by atoms with Crippen LogP contribution in [0, 0.1) is 5.41 Å². The van der Waals surface area contributed by atoms with E-state index in [-0.39, 0.29) is 17.3 Å². The number of ether oxygens (including phenoxy) is 3. The molecule has 9 heteroatoms. The van der Waals surface area contributed by atoms with E-state index in [9.17, 15) is 13.2 Å². The first-order valence-corrected chi connectivity index (χ1v) is 14.7. The van der Waals surface area contributed by atoms with Crippen molar-refractivity contribution < 1.29 is 27.4 Å². The third-order valence-electron chi connectivity index (χ3n) is 6.63. The minimum absolute atomic E-state index is 0.0607. The topological polar surface area (TPSA) is 82.1 Å². The van der Waals surface area contributed by atoms with Gasteiger partial charge >= 0.3 is 5.97 Å². The van der Waals surface area contributed by atoms with Gasteiger partial charge in [0.05, 0.1) is 35.5 Å². The molecule has 3 rings (SSSR count). The smallest absolute Gasteiger partial charge is 0.343 e. The lowest BCUT2D eigenvalue weighted by Gasteiger charge is -2.36. The van der Waals surface area contributed by atoms with Crippen LogP contribution in [0.5, 0.6) is 11.5 Å². The van der Waals surface area contributed by atoms with Crippen molar-refractivity contribution in [3.8, 4) is 11.5 Å². The van der Waals surface area contributed by atoms with Crippen molar-refractivity contribution in [2.24, 2.45) is 5.41 Å². The highest BCUT2D eigenvalue weighted by atomic mass is 32.2. The van der Waals surface area contributed by atoms with E-state index in [1.165, 1.54) is 18.9 Å². The highest BCUT2D eigenvalue weighted by Gasteiger charge is 2.42. The number of nitrogens with zero attached hydrogens (tertiary/aromatic N) is 1. The molecule has 2 aromatic rings. The first-order valence-electron chi connectivity index (χ1n) is 11.8. The van der Waals surface area contributed by atoms with Crippen LogP contribution in [0.3, 0.4) is 0 Å². The van der Waals surface area contributed by atoms with Crippen molar-refractivity contribution in [1.29, 1.82) is 0 Å². The van der Waals surface area contributed by atoms with E-state index in [0.717, 1.165) is 42.0 Å². The number of fused-ring (bicyclic) bond motifs is 1. The Balaban J connectivity index is 2.21. The normalized spacial score (nSPS) is 18.9. The van der Waals surface area contributed by atoms with Crippen LogP contribution in [0.15, 0.2) is 46.2 Å². The summed E-state index contributed by atoms with van der Waals surface area (Å²) in [6.45, 7) is 4.49. The standard InChI is InChI=1S/C26H35NO6S2/c1-6-8-13-26(7-2)17-27(19-9-11-20(31-3)12-10-19)21-14-23(34-5)22(33-16-25(28)32-4)15-24(21)35(29,30)18-26/h9-12,14-15H,6-8,13,16-18H2,1-5H3. The molecule has 1 heterocycles. The summed E-state index contributed by atoms with van der Waals surface area (Å²) in [6.07, 6.45) is 5.42. The van der Waals surface area contributed by atoms with E-state index in [1.54, 1.807) is 13.2 Å². The van der Waals surface area contributed by atoms with Crippen LogP contribution >= 0.6 is 11.8 Å². The minimum atomic E-state index is -3.65. The molecule has 0 saturated carbocycles. The lowest BCUT2D eigenvalue weighted by molar-refractivity contribution is -0.142. The van der Waals surface area contributed by atoms with E-state index in [1.807, 2.05) is 36.6 Å². The Morgan fingerprint density at radius 2 is 1.86 bits per heavy atom. The number of benzene rings is 2. The second-order valence-electron chi connectivity index (χ2n) is 8.84. The van der Waals surface area contributed by atoms with Crippen molar-refractivity contribution in [2.45, 2.75) is 49.3 Å². The Morgan fingerprint density at radius 1 is 1.14 bits per heavy atom. The number of hydrogen-bond acceptors (Lipinski definition) is 8. The zero-order chi connectivity index (χ0) is 25.6. The van der Waals surface area contributed by atoms with Crippen LogP contribution in [0.2, 0.25) is 0 Å². The molecule has 192 valence electrons. The number of anilines is 2. The Kier molecular flexibility index (Phi) is 8.99. The van der Waals surface area contributed by atoms with Crippen molar-refractivity contribution in [3.05, 3.63) is 36.4 Å². The molecule has 1 aliphatic rings. The number of esters is 1. The van der Waals surface area contributed by atoms with E-state index < -0.39 is 21.2 Å². The Bertz CT molecular complexity index is 1130. The molecule has 0 radical (unpaired) electrons. The Morgan fingerprint density at radius 3 is 2.43 bits per heavy atom. The average Bonchev–Trinajstić information content (AvgIpc) is 2.97. The van der Waals surface area contributed by atoms with Crippen LogP contribution in [0.1, 0.15) is 39.5 Å². The largest absolute Gasteiger partial charge is 0.497 e. The Hall–Kier alpha value is -2.39. The first-order chi connectivity index (χ1) is 16.7. The SMILES string of the molecule is CCCCC1(CC)CN(c2ccc(OC)cc2)c2cc(SC)c(OCC(=O)OC)cc2S(=O)(=O)C1. The number of rotatable bonds is 10. The molecule has 7 nitrogen and oxygen atoms in total. The number of hydrogen-bond donors (Lipinski definition) is 0. The van der Waals surface area contributed by atoms with Gasteiger partial charge < -0.3 is 19.1 Å². The van der Waals surface area contributed by atoms with Gasteiger partial charge in [0.2, 0.25) is 0 Å². The van der Waals surface area contributed by atoms with Gasteiger partial charge in [-0.3, -0.25) is 0 Å². The van der Waals surface area contributed by atoms with Gasteiger partial charge in [0.25, 0.3) is 0 Å². The summed E-state index contributed by atoms with van der Waals surface area (Å²) in [4.78, 5) is 14.8. The molecule has 1 aliphatic heterocycles. The molecule has 0 fully saturated rings. The number of methoxy groups -OCH3 is 2. The van der Waals surface area contributed by atoms with Crippen LogP contribution < -0.4 is 14.4 Å². The molecular weight excluding hydrogens is 486 g/mol. The summed E-state index contributed by atoms with van der Waals surface area (Å²) >= 11 is 1.44. The number of thioether (sulfide) groups is 1. The molecule has 2 aromatic carbocycles. The van der Waals surface area contributed by atoms with Crippen molar-refractivity contribution in [2.75, 3.05) is 44.3 Å². The van der Waals surface area contributed by atoms with Crippen LogP contribution in [-0.4, -0.2) is 53.8 Å². The van der Waals surface area contributed by atoms with Gasteiger partial charge in [-0.05, 0) is 49.4 Å². The van der Waals surface area contributed by atoms with Gasteiger partial charge in [0.15, 0.2) is 16.4 Å². The Labute approximate surface area is 213 Å². The highest BCUT2D eigenvalue weighted by Crippen LogP contribution is 2.47. The fraction of sp³-hybridized carbons (Fsp3) is 0.500. The first kappa shape index (κ1) is 27.2. The average molecular weight is 522 g/mol. The fourth-order valence-electron chi connectivity index (χ4n) is 4.49. The molecule has 0 amide bonds. The van der Waals surface area contributed by atoms with E-state index in [2.05, 4.69) is 23.5 Å². The van der Waals surface area contributed by atoms with E-state index in [4.69, 9.17) is 9.47 Å². The van der Waals surface area contributed by atoms with Crippen LogP contribution in [0.4, 0.5) is 11.4 Å². The quantitative estimate of drug-likeness (QED) is 0.300. The summed E-state index contributed by atoms with van der Waals surface area (Å²) in [6, 6.07) is 11.1. The summed E-state index contributed by atoms with van der Waals surface area (Å²) in [5, 5.41) is 0. The van der Waals surface area contributed by atoms with Gasteiger partial charge in [0.1, 0.15) is 11.5 Å². The summed E-state index contributed by atoms with van der Waals surface area (Å²) in [7, 11) is -0.737. The zero-order valence-electron chi connectivity index (χ0n) is 21.1. The monoisotopic (exact) mass is 521 g/mol. The summed E-state index contributed by atoms with van der Waals surface area (Å²) in [5.74, 6) is 0.628. The maximum Gasteiger partial charge on any atom is 0.343 e. The molecule has 35 heavy (non-hydrogen) atoms. The van der Waals surface area contributed by atoms with Gasteiger partial charge in [-0.25, -0.2) is 13.2 Å². The predicted octanol–water partition coefficient (Wildman–Crippen LogP) is 5.48. The third kappa shape index (κ3) is 6.06. The van der Waals surface area contributed by atoms with Crippen molar-refractivity contribution in [1.82, 2.24) is 0 Å².